The Labute approximate surface area is 252 Å². The normalized spacial score (nSPS) is 14.6. The summed E-state index contributed by atoms with van der Waals surface area (Å²) < 4.78 is 0. The first-order valence-corrected chi connectivity index (χ1v) is 13.8. The Morgan fingerprint density at radius 1 is 0.850 bits per heavy atom. The summed E-state index contributed by atoms with van der Waals surface area (Å²) in [6.07, 6.45) is 1.79. The van der Waals surface area contributed by atoms with Crippen LogP contribution in [0.25, 0.3) is 5.57 Å². The lowest BCUT2D eigenvalue weighted by molar-refractivity contribution is -0.118. The first-order valence-electron chi connectivity index (χ1n) is 12.2. The summed E-state index contributed by atoms with van der Waals surface area (Å²) in [4.78, 5) is 28.4. The van der Waals surface area contributed by atoms with Crippen molar-refractivity contribution in [3.63, 3.8) is 0 Å². The molecule has 1 aliphatic rings. The Hall–Kier alpha value is -3.68. The lowest BCUT2D eigenvalue weighted by Gasteiger charge is -2.23. The maximum absolute atomic E-state index is 13.6. The number of hydrogen-bond acceptors (Lipinski definition) is 3. The third kappa shape index (κ3) is 5.76. The van der Waals surface area contributed by atoms with Gasteiger partial charge in [-0.2, -0.15) is 0 Å². The molecule has 0 radical (unpaired) electrons. The Kier molecular flexibility index (Phi) is 8.24. The number of halogens is 3. The van der Waals surface area contributed by atoms with E-state index in [1.54, 1.807) is 84.8 Å². The molecule has 1 heterocycles. The summed E-state index contributed by atoms with van der Waals surface area (Å²) in [5.41, 5.74) is 4.34. The van der Waals surface area contributed by atoms with Crippen LogP contribution in [0.3, 0.4) is 0 Å². The lowest BCUT2D eigenvalue weighted by Crippen LogP contribution is -2.47. The van der Waals surface area contributed by atoms with Crippen LogP contribution in [0.2, 0.25) is 15.1 Å². The Morgan fingerprint density at radius 3 is 2.27 bits per heavy atom. The molecule has 5 nitrogen and oxygen atoms in total. The number of hydrogen-bond donors (Lipinski definition) is 2. The van der Waals surface area contributed by atoms with E-state index in [-0.39, 0.29) is 16.8 Å². The Morgan fingerprint density at radius 2 is 1.52 bits per heavy atom. The van der Waals surface area contributed by atoms with Gasteiger partial charge in [-0.25, -0.2) is 0 Å². The molecular weight excluding hydrogens is 585 g/mol. The largest absolute Gasteiger partial charge is 0.347 e. The van der Waals surface area contributed by atoms with Gasteiger partial charge in [-0.1, -0.05) is 65.1 Å². The van der Waals surface area contributed by atoms with E-state index in [4.69, 9.17) is 47.0 Å². The van der Waals surface area contributed by atoms with Gasteiger partial charge in [0.15, 0.2) is 10.9 Å². The number of amides is 1. The molecule has 40 heavy (non-hydrogen) atoms. The van der Waals surface area contributed by atoms with Gasteiger partial charge in [0.25, 0.3) is 5.91 Å². The number of nitrogens with zero attached hydrogens (tertiary/aromatic N) is 1. The van der Waals surface area contributed by atoms with Gasteiger partial charge in [-0.05, 0) is 84.5 Å². The number of para-hydroxylation sites is 1. The molecule has 1 amide bonds. The number of benzene rings is 4. The molecule has 4 aromatic carbocycles. The zero-order valence-corrected chi connectivity index (χ0v) is 24.2. The molecule has 1 atom stereocenters. The number of rotatable bonds is 5. The molecule has 0 fully saturated rings. The van der Waals surface area contributed by atoms with Gasteiger partial charge in [0.1, 0.15) is 6.04 Å². The molecule has 0 spiro atoms. The SMILES string of the molecule is CN1C(=O)C(NC(=S)Nc2ccccc2C(=O)c2ccc(Cl)cc2)C=C(c2ccccc2Cl)c2cc(Cl)ccc21. The first kappa shape index (κ1) is 27.9. The third-order valence-corrected chi connectivity index (χ3v) is 7.55. The minimum Gasteiger partial charge on any atom is -0.347 e. The molecule has 200 valence electrons. The highest BCUT2D eigenvalue weighted by molar-refractivity contribution is 7.80. The smallest absolute Gasteiger partial charge is 0.253 e. The lowest BCUT2D eigenvalue weighted by atomic mass is 9.95. The Balaban J connectivity index is 1.47. The average molecular weight is 607 g/mol. The standard InChI is InChI=1S/C31H22Cl3N3O2S/c1-37-28-15-14-20(33)16-24(28)23(21-6-2-4-8-25(21)34)17-27(30(37)39)36-31(40)35-26-9-5-3-7-22(26)29(38)18-10-12-19(32)13-11-18/h2-17,27H,1H3,(H2,35,36,40). The van der Waals surface area contributed by atoms with E-state index in [1.807, 2.05) is 24.3 Å². The van der Waals surface area contributed by atoms with Crippen molar-refractivity contribution in [1.29, 1.82) is 0 Å². The maximum Gasteiger partial charge on any atom is 0.253 e. The van der Waals surface area contributed by atoms with Gasteiger partial charge < -0.3 is 15.5 Å². The number of nitrogens with one attached hydrogen (secondary N) is 2. The maximum atomic E-state index is 13.6. The van der Waals surface area contributed by atoms with Gasteiger partial charge in [0, 0.05) is 44.4 Å². The summed E-state index contributed by atoms with van der Waals surface area (Å²) in [5.74, 6) is -0.429. The van der Waals surface area contributed by atoms with Crippen LogP contribution in [0.5, 0.6) is 0 Å². The van der Waals surface area contributed by atoms with Crippen molar-refractivity contribution in [2.45, 2.75) is 6.04 Å². The first-order chi connectivity index (χ1) is 19.2. The summed E-state index contributed by atoms with van der Waals surface area (Å²) in [6, 6.07) is 25.6. The molecule has 9 heteroatoms. The van der Waals surface area contributed by atoms with Gasteiger partial charge in [0.2, 0.25) is 0 Å². The van der Waals surface area contributed by atoms with E-state index in [1.165, 1.54) is 0 Å². The molecule has 0 bridgehead atoms. The quantitative estimate of drug-likeness (QED) is 0.181. The van der Waals surface area contributed by atoms with Crippen LogP contribution < -0.4 is 15.5 Å². The second-order valence-corrected chi connectivity index (χ2v) is 10.8. The molecule has 0 saturated heterocycles. The van der Waals surface area contributed by atoms with Crippen LogP contribution in [0.4, 0.5) is 11.4 Å². The van der Waals surface area contributed by atoms with Crippen LogP contribution in [0, 0.1) is 0 Å². The van der Waals surface area contributed by atoms with E-state index in [9.17, 15) is 9.59 Å². The summed E-state index contributed by atoms with van der Waals surface area (Å²) >= 11 is 24.6. The van der Waals surface area contributed by atoms with E-state index >= 15 is 0 Å². The molecule has 1 unspecified atom stereocenters. The van der Waals surface area contributed by atoms with Crippen LogP contribution in [-0.4, -0.2) is 29.9 Å². The fourth-order valence-electron chi connectivity index (χ4n) is 4.54. The fraction of sp³-hybridized carbons (Fsp3) is 0.0645. The van der Waals surface area contributed by atoms with Crippen molar-refractivity contribution < 1.29 is 9.59 Å². The molecule has 0 saturated carbocycles. The van der Waals surface area contributed by atoms with E-state index in [0.29, 0.717) is 37.6 Å². The number of carbonyl (C=O) groups is 2. The highest BCUT2D eigenvalue weighted by Gasteiger charge is 2.30. The topological polar surface area (TPSA) is 61.4 Å². The highest BCUT2D eigenvalue weighted by Crippen LogP contribution is 2.38. The van der Waals surface area contributed by atoms with Crippen LogP contribution >= 0.6 is 47.0 Å². The molecular formula is C31H22Cl3N3O2S. The minimum absolute atomic E-state index is 0.168. The van der Waals surface area contributed by atoms with Crippen molar-refractivity contribution >= 4 is 80.8 Å². The Bertz CT molecular complexity index is 1670. The predicted octanol–water partition coefficient (Wildman–Crippen LogP) is 7.64. The van der Waals surface area contributed by atoms with Crippen molar-refractivity contribution in [3.8, 4) is 0 Å². The zero-order chi connectivity index (χ0) is 28.4. The fourth-order valence-corrected chi connectivity index (χ4v) is 5.31. The number of carbonyl (C=O) groups excluding carboxylic acids is 2. The molecule has 2 N–H and O–H groups in total. The number of ketones is 1. The van der Waals surface area contributed by atoms with E-state index < -0.39 is 6.04 Å². The average Bonchev–Trinajstić information content (AvgIpc) is 3.04. The second kappa shape index (κ2) is 11.8. The second-order valence-electron chi connectivity index (χ2n) is 9.08. The van der Waals surface area contributed by atoms with Crippen molar-refractivity contribution in [2.24, 2.45) is 0 Å². The summed E-state index contributed by atoms with van der Waals surface area (Å²) in [6.45, 7) is 0. The van der Waals surface area contributed by atoms with Gasteiger partial charge in [-0.15, -0.1) is 0 Å². The van der Waals surface area contributed by atoms with Gasteiger partial charge in [-0.3, -0.25) is 9.59 Å². The monoisotopic (exact) mass is 605 g/mol. The number of likely N-dealkylation sites (N-methyl/N-ethyl adjacent to an activating group) is 1. The van der Waals surface area contributed by atoms with Crippen molar-refractivity contribution in [2.75, 3.05) is 17.3 Å². The predicted molar refractivity (Wildman–Crippen MR) is 168 cm³/mol. The molecule has 5 rings (SSSR count). The molecule has 1 aliphatic heterocycles. The summed E-state index contributed by atoms with van der Waals surface area (Å²) in [5, 5.41) is 7.99. The van der Waals surface area contributed by atoms with Crippen molar-refractivity contribution in [3.05, 3.63) is 134 Å². The van der Waals surface area contributed by atoms with Gasteiger partial charge in [0.05, 0.1) is 11.4 Å². The highest BCUT2D eigenvalue weighted by atomic mass is 35.5. The minimum atomic E-state index is -0.846. The number of fused-ring (bicyclic) bond motifs is 1. The molecule has 4 aromatic rings. The molecule has 0 aliphatic carbocycles. The van der Waals surface area contributed by atoms with Crippen LogP contribution in [0.1, 0.15) is 27.0 Å². The number of thiocarbonyl (C=S) groups is 1. The van der Waals surface area contributed by atoms with Gasteiger partial charge >= 0.3 is 0 Å². The van der Waals surface area contributed by atoms with Crippen LogP contribution in [-0.2, 0) is 4.79 Å². The summed E-state index contributed by atoms with van der Waals surface area (Å²) in [7, 11) is 1.70. The van der Waals surface area contributed by atoms with E-state index in [0.717, 1.165) is 16.7 Å². The molecule has 0 aromatic heterocycles. The van der Waals surface area contributed by atoms with Crippen LogP contribution in [0.15, 0.2) is 97.1 Å². The zero-order valence-electron chi connectivity index (χ0n) is 21.1. The van der Waals surface area contributed by atoms with Crippen molar-refractivity contribution in [1.82, 2.24) is 5.32 Å². The third-order valence-electron chi connectivity index (χ3n) is 6.52. The van der Waals surface area contributed by atoms with E-state index in [2.05, 4.69) is 10.6 Å². The number of anilines is 2.